The summed E-state index contributed by atoms with van der Waals surface area (Å²) >= 11 is 1.69. The molecule has 0 spiro atoms. The molecule has 2 N–H and O–H groups in total. The summed E-state index contributed by atoms with van der Waals surface area (Å²) in [6.45, 7) is 1.48. The van der Waals surface area contributed by atoms with Crippen LogP contribution in [0.25, 0.3) is 20.3 Å². The van der Waals surface area contributed by atoms with E-state index in [2.05, 4.69) is 44.7 Å². The molecule has 6 rings (SSSR count). The van der Waals surface area contributed by atoms with Gasteiger partial charge in [0.15, 0.2) is 11.6 Å². The first kappa shape index (κ1) is 16.7. The Labute approximate surface area is 171 Å². The number of rotatable bonds is 4. The summed E-state index contributed by atoms with van der Waals surface area (Å²) in [7, 11) is 0. The lowest BCUT2D eigenvalue weighted by molar-refractivity contribution is 0.753. The molecule has 1 atom stereocenters. The molecular formula is C21H19N7S. The average Bonchev–Trinajstić information content (AvgIpc) is 3.16. The Hall–Kier alpha value is -3.18. The molecule has 1 aliphatic carbocycles. The second-order valence-electron chi connectivity index (χ2n) is 7.82. The predicted octanol–water partition coefficient (Wildman–Crippen LogP) is 4.54. The van der Waals surface area contributed by atoms with Gasteiger partial charge in [-0.05, 0) is 25.3 Å². The first-order chi connectivity index (χ1) is 14.3. The van der Waals surface area contributed by atoms with Crippen molar-refractivity contribution < 1.29 is 0 Å². The molecule has 4 aromatic rings. The van der Waals surface area contributed by atoms with Crippen molar-refractivity contribution in [2.75, 3.05) is 23.3 Å². The number of aromatic nitrogens is 4. The van der Waals surface area contributed by atoms with E-state index >= 15 is 0 Å². The largest absolute Gasteiger partial charge is 0.339 e. The first-order valence-electron chi connectivity index (χ1n) is 9.94. The summed E-state index contributed by atoms with van der Waals surface area (Å²) in [6, 6.07) is 12.8. The Morgan fingerprint density at radius 3 is 2.93 bits per heavy atom. The van der Waals surface area contributed by atoms with Crippen LogP contribution in [0.3, 0.4) is 0 Å². The zero-order valence-electron chi connectivity index (χ0n) is 15.7. The standard InChI is InChI=1S/C21H19N7S/c22-10-12-7-8-28(11-12)21-24-18-14-3-1-2-4-16(14)29-19(18)20(25-21)23-17-9-15(26-27-17)13-5-6-13/h1-4,9,12-13H,5-8,11H2,(H2,23,24,25,26,27)/t12-/m1/s1. The summed E-state index contributed by atoms with van der Waals surface area (Å²) in [5.74, 6) is 2.90. The molecule has 2 aliphatic rings. The minimum atomic E-state index is 0.0392. The summed E-state index contributed by atoms with van der Waals surface area (Å²) < 4.78 is 2.22. The van der Waals surface area contributed by atoms with Crippen molar-refractivity contribution in [3.8, 4) is 6.07 Å². The van der Waals surface area contributed by atoms with Crippen molar-refractivity contribution in [3.63, 3.8) is 0 Å². The number of nitrogens with one attached hydrogen (secondary N) is 2. The number of hydrogen-bond donors (Lipinski definition) is 2. The lowest BCUT2D eigenvalue weighted by Gasteiger charge is -2.16. The number of aromatic amines is 1. The number of fused-ring (bicyclic) bond motifs is 3. The zero-order chi connectivity index (χ0) is 19.4. The molecule has 7 nitrogen and oxygen atoms in total. The van der Waals surface area contributed by atoms with Gasteiger partial charge in [0.2, 0.25) is 5.95 Å². The molecule has 4 heterocycles. The maximum absolute atomic E-state index is 9.27. The fraction of sp³-hybridized carbons (Fsp3) is 0.333. The van der Waals surface area contributed by atoms with Gasteiger partial charge in [-0.15, -0.1) is 11.3 Å². The Morgan fingerprint density at radius 1 is 1.21 bits per heavy atom. The minimum Gasteiger partial charge on any atom is -0.339 e. The Bertz CT molecular complexity index is 1260. The third-order valence-electron chi connectivity index (χ3n) is 5.72. The molecule has 144 valence electrons. The van der Waals surface area contributed by atoms with Crippen LogP contribution in [-0.2, 0) is 0 Å². The lowest BCUT2D eigenvalue weighted by atomic mass is 10.1. The van der Waals surface area contributed by atoms with Crippen LogP contribution >= 0.6 is 11.3 Å². The second kappa shape index (κ2) is 6.42. The molecule has 8 heteroatoms. The van der Waals surface area contributed by atoms with Crippen LogP contribution in [0.5, 0.6) is 0 Å². The van der Waals surface area contributed by atoms with Crippen molar-refractivity contribution in [2.45, 2.75) is 25.2 Å². The smallest absolute Gasteiger partial charge is 0.228 e. The van der Waals surface area contributed by atoms with E-state index in [4.69, 9.17) is 9.97 Å². The lowest BCUT2D eigenvalue weighted by Crippen LogP contribution is -2.22. The van der Waals surface area contributed by atoms with Crippen molar-refractivity contribution in [2.24, 2.45) is 5.92 Å². The van der Waals surface area contributed by atoms with E-state index < -0.39 is 0 Å². The first-order valence-corrected chi connectivity index (χ1v) is 10.8. The van der Waals surface area contributed by atoms with Gasteiger partial charge < -0.3 is 10.2 Å². The van der Waals surface area contributed by atoms with E-state index in [0.29, 0.717) is 18.4 Å². The molecule has 0 radical (unpaired) electrons. The predicted molar refractivity (Wildman–Crippen MR) is 115 cm³/mol. The van der Waals surface area contributed by atoms with Crippen LogP contribution < -0.4 is 10.2 Å². The molecule has 3 aromatic heterocycles. The maximum Gasteiger partial charge on any atom is 0.228 e. The quantitative estimate of drug-likeness (QED) is 0.521. The molecule has 0 unspecified atom stereocenters. The molecule has 1 saturated carbocycles. The van der Waals surface area contributed by atoms with E-state index in [9.17, 15) is 5.26 Å². The molecular weight excluding hydrogens is 382 g/mol. The van der Waals surface area contributed by atoms with E-state index in [1.807, 2.05) is 12.1 Å². The molecule has 1 saturated heterocycles. The van der Waals surface area contributed by atoms with Gasteiger partial charge in [-0.3, -0.25) is 5.10 Å². The van der Waals surface area contributed by atoms with Gasteiger partial charge in [0, 0.05) is 40.9 Å². The summed E-state index contributed by atoms with van der Waals surface area (Å²) in [5, 5.41) is 21.4. The minimum absolute atomic E-state index is 0.0392. The van der Waals surface area contributed by atoms with Crippen molar-refractivity contribution in [3.05, 3.63) is 36.0 Å². The van der Waals surface area contributed by atoms with Crippen LogP contribution in [0.2, 0.25) is 0 Å². The fourth-order valence-electron chi connectivity index (χ4n) is 3.98. The van der Waals surface area contributed by atoms with E-state index in [1.54, 1.807) is 11.3 Å². The highest BCUT2D eigenvalue weighted by Gasteiger charge is 2.27. The van der Waals surface area contributed by atoms with Gasteiger partial charge in [-0.1, -0.05) is 18.2 Å². The van der Waals surface area contributed by atoms with Crippen molar-refractivity contribution in [1.82, 2.24) is 20.2 Å². The number of nitriles is 1. The Morgan fingerprint density at radius 2 is 2.10 bits per heavy atom. The van der Waals surface area contributed by atoms with Gasteiger partial charge in [0.05, 0.1) is 22.2 Å². The highest BCUT2D eigenvalue weighted by atomic mass is 32.1. The molecule has 0 amide bonds. The maximum atomic E-state index is 9.27. The molecule has 1 aliphatic heterocycles. The summed E-state index contributed by atoms with van der Waals surface area (Å²) in [4.78, 5) is 11.9. The fourth-order valence-corrected chi connectivity index (χ4v) is 5.06. The summed E-state index contributed by atoms with van der Waals surface area (Å²) in [5.41, 5.74) is 2.14. The Kier molecular flexibility index (Phi) is 3.71. The monoisotopic (exact) mass is 401 g/mol. The van der Waals surface area contributed by atoms with Crippen LogP contribution in [0.1, 0.15) is 30.9 Å². The SMILES string of the molecule is N#C[C@H]1CCN(c2nc(Nc3cc(C4CC4)[nH]n3)c3sc4ccccc4c3n2)C1. The van der Waals surface area contributed by atoms with Crippen LogP contribution in [0.4, 0.5) is 17.6 Å². The van der Waals surface area contributed by atoms with Crippen LogP contribution in [-0.4, -0.2) is 33.3 Å². The van der Waals surface area contributed by atoms with Crippen molar-refractivity contribution in [1.29, 1.82) is 5.26 Å². The molecule has 2 fully saturated rings. The van der Waals surface area contributed by atoms with Gasteiger partial charge >= 0.3 is 0 Å². The number of nitrogens with zero attached hydrogens (tertiary/aromatic N) is 5. The van der Waals surface area contributed by atoms with Gasteiger partial charge in [-0.2, -0.15) is 15.3 Å². The number of H-pyrrole nitrogens is 1. The van der Waals surface area contributed by atoms with Crippen LogP contribution in [0, 0.1) is 17.2 Å². The number of anilines is 3. The second-order valence-corrected chi connectivity index (χ2v) is 8.87. The number of benzene rings is 1. The van der Waals surface area contributed by atoms with E-state index in [1.165, 1.54) is 23.2 Å². The summed E-state index contributed by atoms with van der Waals surface area (Å²) in [6.07, 6.45) is 3.32. The van der Waals surface area contributed by atoms with E-state index in [0.717, 1.165) is 40.2 Å². The van der Waals surface area contributed by atoms with Gasteiger partial charge in [0.25, 0.3) is 0 Å². The highest BCUT2D eigenvalue weighted by molar-refractivity contribution is 7.26. The Balaban J connectivity index is 1.46. The number of hydrogen-bond acceptors (Lipinski definition) is 7. The van der Waals surface area contributed by atoms with Crippen molar-refractivity contribution >= 4 is 49.2 Å². The average molecular weight is 401 g/mol. The van der Waals surface area contributed by atoms with Crippen LogP contribution in [0.15, 0.2) is 30.3 Å². The highest BCUT2D eigenvalue weighted by Crippen LogP contribution is 2.41. The number of thiophene rings is 1. The topological polar surface area (TPSA) is 93.5 Å². The third-order valence-corrected chi connectivity index (χ3v) is 6.89. The van der Waals surface area contributed by atoms with E-state index in [-0.39, 0.29) is 5.92 Å². The van der Waals surface area contributed by atoms with Gasteiger partial charge in [-0.25, -0.2) is 4.98 Å². The third kappa shape index (κ3) is 2.89. The molecule has 29 heavy (non-hydrogen) atoms. The normalized spacial score (nSPS) is 19.1. The van der Waals surface area contributed by atoms with Gasteiger partial charge in [0.1, 0.15) is 0 Å². The molecule has 1 aromatic carbocycles. The molecule has 0 bridgehead atoms. The zero-order valence-corrected chi connectivity index (χ0v) is 16.5.